The van der Waals surface area contributed by atoms with Crippen molar-refractivity contribution in [1.29, 1.82) is 0 Å². The van der Waals surface area contributed by atoms with E-state index >= 15 is 0 Å². The minimum atomic E-state index is -0.439. The lowest BCUT2D eigenvalue weighted by molar-refractivity contribution is -0.141. The predicted octanol–water partition coefficient (Wildman–Crippen LogP) is 3.27. The zero-order valence-electron chi connectivity index (χ0n) is 13.8. The molecule has 1 unspecified atom stereocenters. The molecule has 5 nitrogen and oxygen atoms in total. The summed E-state index contributed by atoms with van der Waals surface area (Å²) in [5.41, 5.74) is 1.94. The Balaban J connectivity index is 1.81. The lowest BCUT2D eigenvalue weighted by Gasteiger charge is -2.18. The van der Waals surface area contributed by atoms with Crippen LogP contribution >= 0.6 is 0 Å². The smallest absolute Gasteiger partial charge is 0.302 e. The number of hydrogen-bond donors (Lipinski definition) is 1. The first-order valence-electron chi connectivity index (χ1n) is 7.98. The largest absolute Gasteiger partial charge is 0.463 e. The normalized spacial score (nSPS) is 11.7. The highest BCUT2D eigenvalue weighted by Gasteiger charge is 2.18. The minimum absolute atomic E-state index is 0.0681. The van der Waals surface area contributed by atoms with Gasteiger partial charge in [-0.2, -0.15) is 0 Å². The Labute approximate surface area is 145 Å². The second kappa shape index (κ2) is 7.57. The fourth-order valence-electron chi connectivity index (χ4n) is 2.53. The molecule has 0 aliphatic carbocycles. The maximum Gasteiger partial charge on any atom is 0.302 e. The van der Waals surface area contributed by atoms with Crippen LogP contribution in [0.4, 0.5) is 0 Å². The molecule has 0 fully saturated rings. The molecule has 3 rings (SSSR count). The van der Waals surface area contributed by atoms with Gasteiger partial charge in [-0.3, -0.25) is 9.59 Å². The summed E-state index contributed by atoms with van der Waals surface area (Å²) < 4.78 is 5.09. The number of ether oxygens (including phenoxy) is 1. The Hall–Kier alpha value is -3.21. The van der Waals surface area contributed by atoms with Crippen LogP contribution in [0.25, 0.3) is 10.9 Å². The summed E-state index contributed by atoms with van der Waals surface area (Å²) in [6, 6.07) is 20.1. The third-order valence-electron chi connectivity index (χ3n) is 3.79. The van der Waals surface area contributed by atoms with E-state index in [1.807, 2.05) is 60.7 Å². The van der Waals surface area contributed by atoms with Crippen molar-refractivity contribution in [3.05, 3.63) is 78.0 Å². The summed E-state index contributed by atoms with van der Waals surface area (Å²) in [7, 11) is 0. The molecule has 5 heteroatoms. The van der Waals surface area contributed by atoms with Crippen molar-refractivity contribution in [2.45, 2.75) is 13.0 Å². The van der Waals surface area contributed by atoms with Gasteiger partial charge in [-0.15, -0.1) is 0 Å². The SMILES string of the molecule is CC(=O)OCC(NC(=O)c1ccc2ccccc2n1)c1ccccc1. The number of fused-ring (bicyclic) bond motifs is 1. The van der Waals surface area contributed by atoms with Gasteiger partial charge >= 0.3 is 5.97 Å². The molecule has 1 heterocycles. The summed E-state index contributed by atoms with van der Waals surface area (Å²) in [5, 5.41) is 3.86. The molecule has 0 saturated heterocycles. The van der Waals surface area contributed by atoms with E-state index in [0.29, 0.717) is 5.69 Å². The van der Waals surface area contributed by atoms with E-state index in [4.69, 9.17) is 4.74 Å². The number of aromatic nitrogens is 1. The number of amides is 1. The Morgan fingerprint density at radius 3 is 2.48 bits per heavy atom. The maximum absolute atomic E-state index is 12.6. The molecule has 0 aliphatic heterocycles. The zero-order chi connectivity index (χ0) is 17.6. The van der Waals surface area contributed by atoms with Crippen molar-refractivity contribution in [3.8, 4) is 0 Å². The molecule has 0 radical (unpaired) electrons. The van der Waals surface area contributed by atoms with E-state index in [1.54, 1.807) is 6.07 Å². The predicted molar refractivity (Wildman–Crippen MR) is 95.0 cm³/mol. The van der Waals surface area contributed by atoms with Crippen molar-refractivity contribution in [2.75, 3.05) is 6.61 Å². The van der Waals surface area contributed by atoms with Crippen LogP contribution in [0, 0.1) is 0 Å². The molecule has 1 aromatic heterocycles. The average molecular weight is 334 g/mol. The van der Waals surface area contributed by atoms with E-state index in [-0.39, 0.29) is 18.5 Å². The van der Waals surface area contributed by atoms with Crippen LogP contribution in [-0.2, 0) is 9.53 Å². The third kappa shape index (κ3) is 4.20. The molecule has 25 heavy (non-hydrogen) atoms. The van der Waals surface area contributed by atoms with Crippen molar-refractivity contribution in [1.82, 2.24) is 10.3 Å². The van der Waals surface area contributed by atoms with E-state index in [0.717, 1.165) is 16.5 Å². The Kier molecular flexibility index (Phi) is 5.04. The van der Waals surface area contributed by atoms with Gasteiger partial charge in [-0.05, 0) is 17.7 Å². The standard InChI is InChI=1S/C20H18N2O3/c1-14(23)25-13-19(15-7-3-2-4-8-15)22-20(24)18-12-11-16-9-5-6-10-17(16)21-18/h2-12,19H,13H2,1H3,(H,22,24). The van der Waals surface area contributed by atoms with Crippen LogP contribution in [0.5, 0.6) is 0 Å². The van der Waals surface area contributed by atoms with Crippen molar-refractivity contribution >= 4 is 22.8 Å². The first-order chi connectivity index (χ1) is 12.1. The topological polar surface area (TPSA) is 68.3 Å². The van der Waals surface area contributed by atoms with E-state index < -0.39 is 6.04 Å². The highest BCUT2D eigenvalue weighted by Crippen LogP contribution is 2.16. The molecule has 126 valence electrons. The van der Waals surface area contributed by atoms with Crippen molar-refractivity contribution in [2.24, 2.45) is 0 Å². The van der Waals surface area contributed by atoms with Gasteiger partial charge in [-0.1, -0.05) is 54.6 Å². The Morgan fingerprint density at radius 2 is 1.72 bits per heavy atom. The summed E-state index contributed by atoms with van der Waals surface area (Å²) in [4.78, 5) is 28.1. The number of carbonyl (C=O) groups excluding carboxylic acids is 2. The number of para-hydroxylation sites is 1. The summed E-state index contributed by atoms with van der Waals surface area (Å²) in [6.45, 7) is 1.41. The summed E-state index contributed by atoms with van der Waals surface area (Å²) >= 11 is 0. The molecule has 1 N–H and O–H groups in total. The van der Waals surface area contributed by atoms with Crippen LogP contribution in [0.2, 0.25) is 0 Å². The molecular formula is C20H18N2O3. The van der Waals surface area contributed by atoms with Gasteiger partial charge in [0.1, 0.15) is 12.3 Å². The van der Waals surface area contributed by atoms with Gasteiger partial charge in [0.05, 0.1) is 11.6 Å². The second-order valence-corrected chi connectivity index (χ2v) is 5.63. The monoisotopic (exact) mass is 334 g/mol. The fourth-order valence-corrected chi connectivity index (χ4v) is 2.53. The number of nitrogens with zero attached hydrogens (tertiary/aromatic N) is 1. The molecule has 0 bridgehead atoms. The maximum atomic E-state index is 12.6. The van der Waals surface area contributed by atoms with Gasteiger partial charge in [-0.25, -0.2) is 4.98 Å². The number of carbonyl (C=O) groups is 2. The highest BCUT2D eigenvalue weighted by molar-refractivity contribution is 5.95. The third-order valence-corrected chi connectivity index (χ3v) is 3.79. The molecule has 0 aliphatic rings. The van der Waals surface area contributed by atoms with E-state index in [2.05, 4.69) is 10.3 Å². The molecule has 0 saturated carbocycles. The number of nitrogens with one attached hydrogen (secondary N) is 1. The van der Waals surface area contributed by atoms with Gasteiger partial charge in [0, 0.05) is 12.3 Å². The minimum Gasteiger partial charge on any atom is -0.463 e. The molecule has 3 aromatic rings. The first-order valence-corrected chi connectivity index (χ1v) is 7.98. The van der Waals surface area contributed by atoms with Crippen LogP contribution in [0.15, 0.2) is 66.7 Å². The molecule has 1 amide bonds. The van der Waals surface area contributed by atoms with Gasteiger partial charge in [0.25, 0.3) is 5.91 Å². The van der Waals surface area contributed by atoms with Crippen LogP contribution in [0.1, 0.15) is 29.0 Å². The summed E-state index contributed by atoms with van der Waals surface area (Å²) in [5.74, 6) is -0.703. The van der Waals surface area contributed by atoms with Gasteiger partial charge < -0.3 is 10.1 Å². The quantitative estimate of drug-likeness (QED) is 0.727. The molecular weight excluding hydrogens is 316 g/mol. The first kappa shape index (κ1) is 16.6. The Bertz CT molecular complexity index is 894. The number of rotatable bonds is 5. The second-order valence-electron chi connectivity index (χ2n) is 5.63. The van der Waals surface area contributed by atoms with Crippen LogP contribution in [0.3, 0.4) is 0 Å². The van der Waals surface area contributed by atoms with E-state index in [1.165, 1.54) is 6.92 Å². The number of esters is 1. The van der Waals surface area contributed by atoms with Crippen LogP contribution in [-0.4, -0.2) is 23.5 Å². The lowest BCUT2D eigenvalue weighted by atomic mass is 10.1. The summed E-state index contributed by atoms with van der Waals surface area (Å²) in [6.07, 6.45) is 0. The average Bonchev–Trinajstić information content (AvgIpc) is 2.65. The molecule has 1 atom stereocenters. The zero-order valence-corrected chi connectivity index (χ0v) is 13.8. The van der Waals surface area contributed by atoms with Crippen molar-refractivity contribution in [3.63, 3.8) is 0 Å². The number of benzene rings is 2. The molecule has 0 spiro atoms. The highest BCUT2D eigenvalue weighted by atomic mass is 16.5. The molecule has 2 aromatic carbocycles. The van der Waals surface area contributed by atoms with Crippen molar-refractivity contribution < 1.29 is 14.3 Å². The number of hydrogen-bond acceptors (Lipinski definition) is 4. The fraction of sp³-hybridized carbons (Fsp3) is 0.150. The number of pyridine rings is 1. The van der Waals surface area contributed by atoms with Crippen LogP contribution < -0.4 is 5.32 Å². The van der Waals surface area contributed by atoms with E-state index in [9.17, 15) is 9.59 Å². The van der Waals surface area contributed by atoms with Gasteiger partial charge in [0.2, 0.25) is 0 Å². The Morgan fingerprint density at radius 1 is 1.00 bits per heavy atom. The lowest BCUT2D eigenvalue weighted by Crippen LogP contribution is -2.32. The van der Waals surface area contributed by atoms with Gasteiger partial charge in [0.15, 0.2) is 0 Å².